The standard InChI is InChI=1S/C21H24N2O/c1-4-14(3)17-8-6-7-9-19(17)23-21(24)20-13-16-12-15(5-2)10-11-18(16)22-20/h6-14,22H,4-5H2,1-3H3,(H,23,24). The van der Waals surface area contributed by atoms with Gasteiger partial charge in [0.1, 0.15) is 5.69 Å². The Hall–Kier alpha value is -2.55. The highest BCUT2D eigenvalue weighted by Gasteiger charge is 2.14. The van der Waals surface area contributed by atoms with Gasteiger partial charge in [-0.2, -0.15) is 0 Å². The van der Waals surface area contributed by atoms with Gasteiger partial charge in [-0.05, 0) is 54.2 Å². The molecule has 0 saturated heterocycles. The molecule has 1 aromatic heterocycles. The zero-order valence-electron chi connectivity index (χ0n) is 14.5. The molecule has 3 rings (SSSR count). The van der Waals surface area contributed by atoms with Crippen molar-refractivity contribution in [3.63, 3.8) is 0 Å². The molecule has 0 bridgehead atoms. The molecular weight excluding hydrogens is 296 g/mol. The van der Waals surface area contributed by atoms with Crippen LogP contribution in [0.1, 0.15) is 54.7 Å². The molecule has 0 radical (unpaired) electrons. The molecule has 1 amide bonds. The Balaban J connectivity index is 1.88. The van der Waals surface area contributed by atoms with Crippen LogP contribution < -0.4 is 5.32 Å². The van der Waals surface area contributed by atoms with Crippen molar-refractivity contribution >= 4 is 22.5 Å². The molecule has 0 aliphatic rings. The van der Waals surface area contributed by atoms with Gasteiger partial charge in [0.2, 0.25) is 0 Å². The van der Waals surface area contributed by atoms with Crippen LogP contribution >= 0.6 is 0 Å². The van der Waals surface area contributed by atoms with E-state index < -0.39 is 0 Å². The summed E-state index contributed by atoms with van der Waals surface area (Å²) in [5.41, 5.74) is 4.93. The van der Waals surface area contributed by atoms with E-state index in [0.717, 1.165) is 29.4 Å². The van der Waals surface area contributed by atoms with E-state index in [4.69, 9.17) is 0 Å². The van der Waals surface area contributed by atoms with Crippen molar-refractivity contribution in [2.24, 2.45) is 0 Å². The minimum absolute atomic E-state index is 0.0972. The Morgan fingerprint density at radius 2 is 1.92 bits per heavy atom. The third-order valence-corrected chi connectivity index (χ3v) is 4.69. The summed E-state index contributed by atoms with van der Waals surface area (Å²) >= 11 is 0. The molecule has 124 valence electrons. The first kappa shape index (κ1) is 16.3. The summed E-state index contributed by atoms with van der Waals surface area (Å²) in [5.74, 6) is 0.316. The normalized spacial score (nSPS) is 12.3. The number of anilines is 1. The van der Waals surface area contributed by atoms with Gasteiger partial charge in [0, 0.05) is 16.6 Å². The first-order valence-electron chi connectivity index (χ1n) is 8.64. The summed E-state index contributed by atoms with van der Waals surface area (Å²) in [4.78, 5) is 15.9. The highest BCUT2D eigenvalue weighted by Crippen LogP contribution is 2.27. The van der Waals surface area contributed by atoms with E-state index in [2.05, 4.69) is 49.3 Å². The van der Waals surface area contributed by atoms with Crippen molar-refractivity contribution in [2.45, 2.75) is 39.5 Å². The highest BCUT2D eigenvalue weighted by molar-refractivity contribution is 6.06. The Kier molecular flexibility index (Phi) is 4.70. The van der Waals surface area contributed by atoms with Crippen LogP contribution in [0, 0.1) is 0 Å². The number of nitrogens with one attached hydrogen (secondary N) is 2. The van der Waals surface area contributed by atoms with Gasteiger partial charge in [-0.25, -0.2) is 0 Å². The smallest absolute Gasteiger partial charge is 0.272 e. The van der Waals surface area contributed by atoms with Gasteiger partial charge >= 0.3 is 0 Å². The molecule has 0 aliphatic heterocycles. The summed E-state index contributed by atoms with van der Waals surface area (Å²) in [6.07, 6.45) is 2.03. The minimum Gasteiger partial charge on any atom is -0.351 e. The summed E-state index contributed by atoms with van der Waals surface area (Å²) in [6, 6.07) is 16.2. The predicted octanol–water partition coefficient (Wildman–Crippen LogP) is 5.50. The second kappa shape index (κ2) is 6.91. The summed E-state index contributed by atoms with van der Waals surface area (Å²) in [6.45, 7) is 6.47. The average Bonchev–Trinajstić information content (AvgIpc) is 3.04. The Morgan fingerprint density at radius 3 is 2.67 bits per heavy atom. The Labute approximate surface area is 143 Å². The lowest BCUT2D eigenvalue weighted by Gasteiger charge is -2.15. The molecule has 1 atom stereocenters. The molecule has 1 unspecified atom stereocenters. The lowest BCUT2D eigenvalue weighted by Crippen LogP contribution is -2.14. The fourth-order valence-electron chi connectivity index (χ4n) is 2.97. The molecule has 3 heteroatoms. The fraction of sp³-hybridized carbons (Fsp3) is 0.286. The SMILES string of the molecule is CCc1ccc2[nH]c(C(=O)Nc3ccccc3C(C)CC)cc2c1. The summed E-state index contributed by atoms with van der Waals surface area (Å²) in [5, 5.41) is 4.14. The zero-order valence-corrected chi connectivity index (χ0v) is 14.5. The van der Waals surface area contributed by atoms with Crippen LogP contribution in [-0.4, -0.2) is 10.9 Å². The van der Waals surface area contributed by atoms with Gasteiger partial charge in [-0.15, -0.1) is 0 Å². The van der Waals surface area contributed by atoms with Gasteiger partial charge in [0.05, 0.1) is 0 Å². The number of aryl methyl sites for hydroxylation is 1. The molecule has 0 fully saturated rings. The Morgan fingerprint density at radius 1 is 1.12 bits per heavy atom. The number of aromatic nitrogens is 1. The van der Waals surface area contributed by atoms with Crippen molar-refractivity contribution in [3.05, 3.63) is 65.4 Å². The molecule has 0 spiro atoms. The van der Waals surface area contributed by atoms with Crippen LogP contribution in [-0.2, 0) is 6.42 Å². The number of hydrogen-bond donors (Lipinski definition) is 2. The number of para-hydroxylation sites is 1. The monoisotopic (exact) mass is 320 g/mol. The van der Waals surface area contributed by atoms with Gasteiger partial charge < -0.3 is 10.3 Å². The van der Waals surface area contributed by atoms with Gasteiger partial charge in [0.15, 0.2) is 0 Å². The van der Waals surface area contributed by atoms with Crippen LogP contribution in [0.3, 0.4) is 0 Å². The average molecular weight is 320 g/mol. The fourth-order valence-corrected chi connectivity index (χ4v) is 2.97. The van der Waals surface area contributed by atoms with Crippen LogP contribution in [0.2, 0.25) is 0 Å². The summed E-state index contributed by atoms with van der Waals surface area (Å²) < 4.78 is 0. The maximum atomic E-state index is 12.7. The van der Waals surface area contributed by atoms with E-state index in [9.17, 15) is 4.79 Å². The first-order chi connectivity index (χ1) is 11.6. The number of amides is 1. The van der Waals surface area contributed by atoms with E-state index in [1.807, 2.05) is 30.3 Å². The molecular formula is C21H24N2O. The van der Waals surface area contributed by atoms with Crippen molar-refractivity contribution in [2.75, 3.05) is 5.32 Å². The Bertz CT molecular complexity index is 863. The van der Waals surface area contributed by atoms with Crippen molar-refractivity contribution in [3.8, 4) is 0 Å². The van der Waals surface area contributed by atoms with E-state index in [1.54, 1.807) is 0 Å². The lowest BCUT2D eigenvalue weighted by atomic mass is 9.97. The third-order valence-electron chi connectivity index (χ3n) is 4.69. The summed E-state index contributed by atoms with van der Waals surface area (Å²) in [7, 11) is 0. The van der Waals surface area contributed by atoms with E-state index in [0.29, 0.717) is 11.6 Å². The van der Waals surface area contributed by atoms with Crippen LogP contribution in [0.5, 0.6) is 0 Å². The van der Waals surface area contributed by atoms with Crippen molar-refractivity contribution in [1.82, 2.24) is 4.98 Å². The van der Waals surface area contributed by atoms with Gasteiger partial charge in [0.25, 0.3) is 5.91 Å². The number of carbonyl (C=O) groups excluding carboxylic acids is 1. The number of H-pyrrole nitrogens is 1. The zero-order chi connectivity index (χ0) is 17.1. The number of benzene rings is 2. The van der Waals surface area contributed by atoms with Gasteiger partial charge in [-0.1, -0.05) is 45.0 Å². The van der Waals surface area contributed by atoms with Crippen molar-refractivity contribution in [1.29, 1.82) is 0 Å². The molecule has 2 N–H and O–H groups in total. The van der Waals surface area contributed by atoms with E-state index >= 15 is 0 Å². The van der Waals surface area contributed by atoms with Crippen LogP contribution in [0.15, 0.2) is 48.5 Å². The number of rotatable bonds is 5. The molecule has 1 heterocycles. The minimum atomic E-state index is -0.0972. The second-order valence-electron chi connectivity index (χ2n) is 6.31. The molecule has 0 saturated carbocycles. The lowest BCUT2D eigenvalue weighted by molar-refractivity contribution is 0.102. The van der Waals surface area contributed by atoms with Crippen LogP contribution in [0.4, 0.5) is 5.69 Å². The second-order valence-corrected chi connectivity index (χ2v) is 6.31. The quantitative estimate of drug-likeness (QED) is 0.641. The molecule has 2 aromatic carbocycles. The maximum Gasteiger partial charge on any atom is 0.272 e. The highest BCUT2D eigenvalue weighted by atomic mass is 16.1. The number of carbonyl (C=O) groups is 1. The third kappa shape index (κ3) is 3.21. The van der Waals surface area contributed by atoms with Crippen molar-refractivity contribution < 1.29 is 4.79 Å². The largest absolute Gasteiger partial charge is 0.351 e. The topological polar surface area (TPSA) is 44.9 Å². The number of fused-ring (bicyclic) bond motifs is 1. The maximum absolute atomic E-state index is 12.7. The molecule has 3 aromatic rings. The van der Waals surface area contributed by atoms with Gasteiger partial charge in [-0.3, -0.25) is 4.79 Å². The van der Waals surface area contributed by atoms with E-state index in [-0.39, 0.29) is 5.91 Å². The first-order valence-corrected chi connectivity index (χ1v) is 8.64. The molecule has 3 nitrogen and oxygen atoms in total. The van der Waals surface area contributed by atoms with E-state index in [1.165, 1.54) is 11.1 Å². The predicted molar refractivity (Wildman–Crippen MR) is 101 cm³/mol. The number of hydrogen-bond acceptors (Lipinski definition) is 1. The molecule has 0 aliphatic carbocycles. The number of aromatic amines is 1. The molecule has 24 heavy (non-hydrogen) atoms. The van der Waals surface area contributed by atoms with Crippen LogP contribution in [0.25, 0.3) is 10.9 Å².